The Kier molecular flexibility index (Phi) is 2.92. The molecule has 0 aromatic heterocycles. The smallest absolute Gasteiger partial charge is 0.0766 e. The van der Waals surface area contributed by atoms with Gasteiger partial charge in [-0.15, -0.1) is 6.42 Å². The van der Waals surface area contributed by atoms with Crippen LogP contribution in [0.5, 0.6) is 0 Å². The van der Waals surface area contributed by atoms with E-state index in [-0.39, 0.29) is 5.54 Å². The van der Waals surface area contributed by atoms with Gasteiger partial charge in [0.2, 0.25) is 0 Å². The summed E-state index contributed by atoms with van der Waals surface area (Å²) in [5.74, 6) is 4.29. The Labute approximate surface area is 76.8 Å². The number of hydrogen-bond acceptors (Lipinski definition) is 2. The highest BCUT2D eigenvalue weighted by molar-refractivity contribution is 7.85. The maximum atomic E-state index is 11.1. The molecule has 3 heteroatoms. The van der Waals surface area contributed by atoms with Crippen molar-refractivity contribution in [3.8, 4) is 12.3 Å². The van der Waals surface area contributed by atoms with Gasteiger partial charge in [0.05, 0.1) is 5.54 Å². The minimum absolute atomic E-state index is 0.176. The standard InChI is InChI=1S/C9H15NOS/c1-4-9(2,3)10-5-7-12(11)8-6-10/h1H,5-8H2,2-3H3. The van der Waals surface area contributed by atoms with Gasteiger partial charge < -0.3 is 0 Å². The van der Waals surface area contributed by atoms with Crippen LogP contribution >= 0.6 is 0 Å². The summed E-state index contributed by atoms with van der Waals surface area (Å²) < 4.78 is 11.1. The molecule has 0 atom stereocenters. The summed E-state index contributed by atoms with van der Waals surface area (Å²) in [6, 6.07) is 0. The van der Waals surface area contributed by atoms with Crippen LogP contribution in [0.15, 0.2) is 0 Å². The molecule has 0 N–H and O–H groups in total. The van der Waals surface area contributed by atoms with E-state index in [0.29, 0.717) is 0 Å². The van der Waals surface area contributed by atoms with Crippen molar-refractivity contribution in [1.29, 1.82) is 0 Å². The average Bonchev–Trinajstić information content (AvgIpc) is 2.05. The molecule has 1 heterocycles. The molecule has 0 spiro atoms. The first kappa shape index (κ1) is 9.76. The van der Waals surface area contributed by atoms with Crippen LogP contribution in [0.3, 0.4) is 0 Å². The lowest BCUT2D eigenvalue weighted by molar-refractivity contribution is 0.187. The zero-order chi connectivity index (χ0) is 9.19. The molecule has 2 nitrogen and oxygen atoms in total. The van der Waals surface area contributed by atoms with E-state index in [0.717, 1.165) is 24.6 Å². The van der Waals surface area contributed by atoms with Gasteiger partial charge in [-0.2, -0.15) is 0 Å². The van der Waals surface area contributed by atoms with E-state index in [1.165, 1.54) is 0 Å². The van der Waals surface area contributed by atoms with E-state index in [9.17, 15) is 4.21 Å². The van der Waals surface area contributed by atoms with Crippen molar-refractivity contribution >= 4 is 10.8 Å². The van der Waals surface area contributed by atoms with Crippen molar-refractivity contribution in [3.05, 3.63) is 0 Å². The van der Waals surface area contributed by atoms with E-state index >= 15 is 0 Å². The summed E-state index contributed by atoms with van der Waals surface area (Å²) in [5, 5.41) is 0. The lowest BCUT2D eigenvalue weighted by Gasteiger charge is -2.36. The number of terminal acetylenes is 1. The zero-order valence-corrected chi connectivity index (χ0v) is 8.49. The number of hydrogen-bond donors (Lipinski definition) is 0. The van der Waals surface area contributed by atoms with Gasteiger partial charge in [-0.1, -0.05) is 5.92 Å². The maximum absolute atomic E-state index is 11.1. The Hall–Kier alpha value is -0.330. The van der Waals surface area contributed by atoms with E-state index in [2.05, 4.69) is 10.8 Å². The molecular weight excluding hydrogens is 170 g/mol. The fraction of sp³-hybridized carbons (Fsp3) is 0.778. The van der Waals surface area contributed by atoms with E-state index < -0.39 is 10.8 Å². The van der Waals surface area contributed by atoms with Crippen molar-refractivity contribution in [3.63, 3.8) is 0 Å². The van der Waals surface area contributed by atoms with Gasteiger partial charge in [0.15, 0.2) is 0 Å². The zero-order valence-electron chi connectivity index (χ0n) is 7.67. The predicted octanol–water partition coefficient (Wildman–Crippen LogP) is 0.463. The molecule has 1 fully saturated rings. The molecule has 68 valence electrons. The Bertz CT molecular complexity index is 219. The molecule has 0 saturated carbocycles. The Morgan fingerprint density at radius 3 is 2.33 bits per heavy atom. The van der Waals surface area contributed by atoms with Gasteiger partial charge in [-0.3, -0.25) is 9.11 Å². The average molecular weight is 185 g/mol. The van der Waals surface area contributed by atoms with E-state index in [1.54, 1.807) is 0 Å². The van der Waals surface area contributed by atoms with Crippen molar-refractivity contribution in [2.75, 3.05) is 24.6 Å². The van der Waals surface area contributed by atoms with Gasteiger partial charge in [0, 0.05) is 35.4 Å². The molecule has 0 radical (unpaired) electrons. The molecule has 0 bridgehead atoms. The van der Waals surface area contributed by atoms with E-state index in [1.807, 2.05) is 13.8 Å². The molecule has 1 rings (SSSR count). The highest BCUT2D eigenvalue weighted by Gasteiger charge is 2.27. The first-order valence-corrected chi connectivity index (χ1v) is 5.63. The van der Waals surface area contributed by atoms with Crippen molar-refractivity contribution in [2.24, 2.45) is 0 Å². The van der Waals surface area contributed by atoms with Crippen LogP contribution in [0, 0.1) is 12.3 Å². The minimum Gasteiger partial charge on any atom is -0.286 e. The molecule has 1 aliphatic rings. The van der Waals surface area contributed by atoms with Crippen molar-refractivity contribution < 1.29 is 4.21 Å². The fourth-order valence-electron chi connectivity index (χ4n) is 1.29. The summed E-state index contributed by atoms with van der Waals surface area (Å²) >= 11 is 0. The summed E-state index contributed by atoms with van der Waals surface area (Å²) in [6.07, 6.45) is 5.40. The van der Waals surface area contributed by atoms with Crippen LogP contribution in [0.1, 0.15) is 13.8 Å². The van der Waals surface area contributed by atoms with Crippen LogP contribution in [0.4, 0.5) is 0 Å². The van der Waals surface area contributed by atoms with Gasteiger partial charge in [-0.05, 0) is 13.8 Å². The summed E-state index contributed by atoms with van der Waals surface area (Å²) in [5.41, 5.74) is -0.176. The van der Waals surface area contributed by atoms with Crippen molar-refractivity contribution in [2.45, 2.75) is 19.4 Å². The van der Waals surface area contributed by atoms with Crippen LogP contribution < -0.4 is 0 Å². The second kappa shape index (κ2) is 3.59. The van der Waals surface area contributed by atoms with Gasteiger partial charge in [0.1, 0.15) is 0 Å². The van der Waals surface area contributed by atoms with Crippen LogP contribution in [-0.2, 0) is 10.8 Å². The quantitative estimate of drug-likeness (QED) is 0.553. The highest BCUT2D eigenvalue weighted by Crippen LogP contribution is 2.15. The predicted molar refractivity (Wildman–Crippen MR) is 52.4 cm³/mol. The second-order valence-corrected chi connectivity index (χ2v) is 5.23. The van der Waals surface area contributed by atoms with Crippen LogP contribution in [-0.4, -0.2) is 39.2 Å². The van der Waals surface area contributed by atoms with Gasteiger partial charge >= 0.3 is 0 Å². The third kappa shape index (κ3) is 2.09. The van der Waals surface area contributed by atoms with E-state index in [4.69, 9.17) is 6.42 Å². The molecule has 0 aliphatic carbocycles. The SMILES string of the molecule is C#CC(C)(C)N1CCS(=O)CC1. The molecule has 0 amide bonds. The summed E-state index contributed by atoms with van der Waals surface area (Å²) in [6.45, 7) is 5.79. The minimum atomic E-state index is -0.608. The number of nitrogens with zero attached hydrogens (tertiary/aromatic N) is 1. The summed E-state index contributed by atoms with van der Waals surface area (Å²) in [7, 11) is -0.608. The molecule has 1 aliphatic heterocycles. The fourth-order valence-corrected chi connectivity index (χ4v) is 2.34. The molecular formula is C9H15NOS. The Morgan fingerprint density at radius 2 is 1.92 bits per heavy atom. The lowest BCUT2D eigenvalue weighted by Crippen LogP contribution is -2.49. The molecule has 0 aromatic carbocycles. The molecule has 1 saturated heterocycles. The summed E-state index contributed by atoms with van der Waals surface area (Å²) in [4.78, 5) is 2.22. The highest BCUT2D eigenvalue weighted by atomic mass is 32.2. The molecule has 0 unspecified atom stereocenters. The Morgan fingerprint density at radius 1 is 1.42 bits per heavy atom. The first-order chi connectivity index (χ1) is 5.56. The normalized spacial score (nSPS) is 22.1. The van der Waals surface area contributed by atoms with Crippen molar-refractivity contribution in [1.82, 2.24) is 4.90 Å². The molecule has 12 heavy (non-hydrogen) atoms. The Balaban J connectivity index is 2.56. The third-order valence-electron chi connectivity index (χ3n) is 2.32. The largest absolute Gasteiger partial charge is 0.286 e. The second-order valence-electron chi connectivity index (χ2n) is 3.54. The van der Waals surface area contributed by atoms with Gasteiger partial charge in [-0.25, -0.2) is 0 Å². The molecule has 0 aromatic rings. The third-order valence-corrected chi connectivity index (χ3v) is 3.60. The topological polar surface area (TPSA) is 20.3 Å². The maximum Gasteiger partial charge on any atom is 0.0766 e. The lowest BCUT2D eigenvalue weighted by atomic mass is 10.0. The van der Waals surface area contributed by atoms with Crippen LogP contribution in [0.2, 0.25) is 0 Å². The van der Waals surface area contributed by atoms with Crippen LogP contribution in [0.25, 0.3) is 0 Å². The monoisotopic (exact) mass is 185 g/mol. The first-order valence-electron chi connectivity index (χ1n) is 4.14. The number of rotatable bonds is 1. The van der Waals surface area contributed by atoms with Gasteiger partial charge in [0.25, 0.3) is 0 Å².